The fourth-order valence-corrected chi connectivity index (χ4v) is 4.22. The normalized spacial score (nSPS) is 11.8. The van der Waals surface area contributed by atoms with E-state index in [0.717, 1.165) is 34.1 Å². The van der Waals surface area contributed by atoms with E-state index in [2.05, 4.69) is 215 Å². The Labute approximate surface area is 366 Å². The maximum Gasteiger partial charge on any atom is 0.255 e. The molecule has 0 aromatic rings. The third-order valence-electron chi connectivity index (χ3n) is 6.76. The standard InChI is InChI=1S/C56H22N2O6/c1-6-7-8-9-10-11-12-13-14-15-16-17-18-19-20-21-22-23-24-25-26-27-28-29-30-31-32-33-34-35-36-37-38-39-54(57(55(63)46(2)3)50-44-48(59)40-42-52(50)61)58(56(64)47(4)5)51-45-49(60)41-43-53(51)62/h40-43,50-51H,1-2,4,44-45H2,3,5H3. The van der Waals surface area contributed by atoms with E-state index in [-0.39, 0.29) is 11.1 Å². The number of carbonyl (C=O) groups is 6. The Morgan fingerprint density at radius 3 is 0.891 bits per heavy atom. The molecule has 0 aromatic carbocycles. The van der Waals surface area contributed by atoms with Crippen LogP contribution in [-0.2, 0) is 28.8 Å². The lowest BCUT2D eigenvalue weighted by atomic mass is 9.95. The molecule has 0 heterocycles. The van der Waals surface area contributed by atoms with Crippen molar-refractivity contribution in [3.63, 3.8) is 0 Å². The third-order valence-corrected chi connectivity index (χ3v) is 6.76. The minimum Gasteiger partial charge on any atom is -0.295 e. The predicted octanol–water partition coefficient (Wildman–Crippen LogP) is 6.47. The van der Waals surface area contributed by atoms with Crippen LogP contribution in [0.4, 0.5) is 0 Å². The second kappa shape index (κ2) is 29.1. The molecular weight excluding hydrogens is 797 g/mol. The number of ketones is 4. The third kappa shape index (κ3) is 18.9. The molecule has 0 radical (unpaired) electrons. The highest BCUT2D eigenvalue weighted by atomic mass is 16.2. The van der Waals surface area contributed by atoms with Crippen molar-refractivity contribution in [1.29, 1.82) is 0 Å². The van der Waals surface area contributed by atoms with Crippen LogP contribution in [0.3, 0.4) is 0 Å². The van der Waals surface area contributed by atoms with Crippen molar-refractivity contribution < 1.29 is 28.8 Å². The van der Waals surface area contributed by atoms with E-state index in [0.29, 0.717) is 0 Å². The van der Waals surface area contributed by atoms with Crippen LogP contribution in [0.15, 0.2) is 256 Å². The fraction of sp³-hybridized carbons (Fsp3) is 0.107. The molecule has 8 nitrogen and oxygen atoms in total. The zero-order valence-electron chi connectivity index (χ0n) is 33.8. The molecule has 2 aliphatic carbocycles. The average molecular weight is 819 g/mol. The van der Waals surface area contributed by atoms with Gasteiger partial charge in [-0.15, -0.1) is 0 Å². The SMILES string of the molecule is C=C=C=C=C=C=C=C=C=C=C=C=C=C=C=C=C=C=C=C=C=C=C=C=C=C=C=C=C=C=C=C=C=C=C=C(N(C(=O)C(=C)C)C1CC(=O)C=CC1=O)N(C(=O)C(=C)C)C1CC(=O)C=CC1=O. The molecule has 2 aliphatic rings. The van der Waals surface area contributed by atoms with Gasteiger partial charge in [-0.2, -0.15) is 0 Å². The summed E-state index contributed by atoms with van der Waals surface area (Å²) in [6.45, 7) is 13.3. The molecule has 0 bridgehead atoms. The van der Waals surface area contributed by atoms with E-state index in [1.54, 1.807) is 0 Å². The topological polar surface area (TPSA) is 109 Å². The number of rotatable bonds is 6. The van der Waals surface area contributed by atoms with Gasteiger partial charge in [-0.25, -0.2) is 0 Å². The summed E-state index contributed by atoms with van der Waals surface area (Å²) in [5.41, 5.74) is 83.7. The second-order valence-corrected chi connectivity index (χ2v) is 11.4. The summed E-state index contributed by atoms with van der Waals surface area (Å²) < 4.78 is 0. The molecule has 0 fully saturated rings. The van der Waals surface area contributed by atoms with E-state index in [1.165, 1.54) is 13.8 Å². The van der Waals surface area contributed by atoms with Gasteiger partial charge in [0, 0.05) is 116 Å². The van der Waals surface area contributed by atoms with Crippen LogP contribution in [0.1, 0.15) is 26.7 Å². The molecule has 0 aliphatic heterocycles. The number of carbonyl (C=O) groups excluding carboxylic acids is 6. The molecule has 292 valence electrons. The zero-order chi connectivity index (χ0) is 46.8. The van der Waals surface area contributed by atoms with Gasteiger partial charge < -0.3 is 0 Å². The van der Waals surface area contributed by atoms with Gasteiger partial charge in [-0.3, -0.25) is 38.6 Å². The average Bonchev–Trinajstić information content (AvgIpc) is 3.27. The predicted molar refractivity (Wildman–Crippen MR) is 227 cm³/mol. The first-order valence-corrected chi connectivity index (χ1v) is 17.6. The molecule has 8 heteroatoms. The van der Waals surface area contributed by atoms with Crippen molar-refractivity contribution in [2.24, 2.45) is 0 Å². The van der Waals surface area contributed by atoms with Crippen LogP contribution in [-0.4, -0.2) is 56.8 Å². The molecule has 0 N–H and O–H groups in total. The molecule has 2 rings (SSSR count). The minimum atomic E-state index is -1.46. The van der Waals surface area contributed by atoms with Crippen LogP contribution >= 0.6 is 0 Å². The fourth-order valence-electron chi connectivity index (χ4n) is 4.22. The largest absolute Gasteiger partial charge is 0.295 e. The Balaban J connectivity index is 2.70. The van der Waals surface area contributed by atoms with Crippen molar-refractivity contribution in [2.75, 3.05) is 0 Å². The summed E-state index contributed by atoms with van der Waals surface area (Å²) in [5, 5.41) is 0. The number of amides is 2. The van der Waals surface area contributed by atoms with E-state index >= 15 is 0 Å². The highest BCUT2D eigenvalue weighted by molar-refractivity contribution is 6.12. The van der Waals surface area contributed by atoms with Crippen molar-refractivity contribution in [1.82, 2.24) is 9.80 Å². The molecule has 2 unspecified atom stereocenters. The van der Waals surface area contributed by atoms with Crippen LogP contribution in [0.2, 0.25) is 0 Å². The Kier molecular flexibility index (Phi) is 22.3. The first-order chi connectivity index (χ1) is 31.0. The van der Waals surface area contributed by atoms with Crippen molar-refractivity contribution in [3.8, 4) is 0 Å². The lowest BCUT2D eigenvalue weighted by Gasteiger charge is -2.39. The Morgan fingerprint density at radius 2 is 0.656 bits per heavy atom. The highest BCUT2D eigenvalue weighted by Crippen LogP contribution is 2.27. The molecule has 0 aromatic heterocycles. The van der Waals surface area contributed by atoms with Gasteiger partial charge in [0.1, 0.15) is 12.1 Å². The zero-order valence-corrected chi connectivity index (χ0v) is 33.8. The molecule has 0 saturated heterocycles. The van der Waals surface area contributed by atoms with Crippen molar-refractivity contribution in [3.05, 3.63) is 256 Å². The quantitative estimate of drug-likeness (QED) is 0.225. The molecule has 2 atom stereocenters. The maximum atomic E-state index is 13.6. The van der Waals surface area contributed by atoms with Gasteiger partial charge >= 0.3 is 0 Å². The van der Waals surface area contributed by atoms with Gasteiger partial charge in [0.15, 0.2) is 29.0 Å². The summed E-state index contributed by atoms with van der Waals surface area (Å²) in [5.74, 6) is -4.52. The van der Waals surface area contributed by atoms with Crippen LogP contribution < -0.4 is 0 Å². The Morgan fingerprint density at radius 1 is 0.422 bits per heavy atom. The first-order valence-electron chi connectivity index (χ1n) is 17.6. The minimum absolute atomic E-state index is 0.0829. The van der Waals surface area contributed by atoms with E-state index < -0.39 is 65.7 Å². The van der Waals surface area contributed by atoms with Gasteiger partial charge in [0.25, 0.3) is 11.8 Å². The lowest BCUT2D eigenvalue weighted by Crippen LogP contribution is -2.55. The number of nitrogens with zero attached hydrogens (tertiary/aromatic N) is 2. The maximum absolute atomic E-state index is 13.6. The summed E-state index contributed by atoms with van der Waals surface area (Å²) >= 11 is 0. The van der Waals surface area contributed by atoms with E-state index in [9.17, 15) is 28.8 Å². The highest BCUT2D eigenvalue weighted by Gasteiger charge is 2.42. The van der Waals surface area contributed by atoms with E-state index in [1.807, 2.05) is 0 Å². The van der Waals surface area contributed by atoms with Crippen LogP contribution in [0.5, 0.6) is 0 Å². The monoisotopic (exact) mass is 818 g/mol. The number of allylic oxidation sites excluding steroid dienone is 2. The van der Waals surface area contributed by atoms with Crippen LogP contribution in [0, 0.1) is 0 Å². The van der Waals surface area contributed by atoms with Crippen LogP contribution in [0.25, 0.3) is 0 Å². The number of hydrogen-bond acceptors (Lipinski definition) is 6. The lowest BCUT2D eigenvalue weighted by molar-refractivity contribution is -0.141. The first kappa shape index (κ1) is 49.0. The van der Waals surface area contributed by atoms with E-state index in [4.69, 9.17) is 0 Å². The summed E-state index contributed by atoms with van der Waals surface area (Å²) in [6.07, 6.45) is 3.21. The molecule has 2 amide bonds. The molecule has 0 saturated carbocycles. The summed E-state index contributed by atoms with van der Waals surface area (Å²) in [6, 6.07) is -2.91. The Bertz CT molecular complexity index is 3590. The molecular formula is C56H22N2O6. The van der Waals surface area contributed by atoms with Crippen molar-refractivity contribution in [2.45, 2.75) is 38.8 Å². The van der Waals surface area contributed by atoms with Gasteiger partial charge in [0.05, 0.1) is 0 Å². The van der Waals surface area contributed by atoms with Crippen molar-refractivity contribution >= 4 is 34.9 Å². The van der Waals surface area contributed by atoms with Gasteiger partial charge in [0.2, 0.25) is 0 Å². The number of hydrogen-bond donors (Lipinski definition) is 0. The molecule has 0 spiro atoms. The smallest absolute Gasteiger partial charge is 0.255 e. The van der Waals surface area contributed by atoms with Gasteiger partial charge in [-0.1, -0.05) is 18.9 Å². The van der Waals surface area contributed by atoms with Gasteiger partial charge in [-0.05, 0) is 142 Å². The second-order valence-electron chi connectivity index (χ2n) is 11.4. The Hall–Kier alpha value is -11.2. The summed E-state index contributed by atoms with van der Waals surface area (Å²) in [4.78, 5) is 79.9. The molecule has 64 heavy (non-hydrogen) atoms. The summed E-state index contributed by atoms with van der Waals surface area (Å²) in [7, 11) is 0.